The average molecular weight is 854 g/mol. The van der Waals surface area contributed by atoms with Gasteiger partial charge in [0, 0.05) is 54.7 Å². The van der Waals surface area contributed by atoms with Gasteiger partial charge in [-0.1, -0.05) is 200 Å². The van der Waals surface area contributed by atoms with Gasteiger partial charge in [-0.15, -0.1) is 0 Å². The zero-order valence-corrected chi connectivity index (χ0v) is 36.3. The Labute approximate surface area is 387 Å². The molecule has 0 spiro atoms. The average Bonchev–Trinajstić information content (AvgIpc) is 3.78. The topological polar surface area (TPSA) is 51.8 Å². The van der Waals surface area contributed by atoms with Crippen molar-refractivity contribution >= 4 is 54.4 Å². The summed E-state index contributed by atoms with van der Waals surface area (Å²) in [5.41, 5.74) is 16.2. The van der Waals surface area contributed by atoms with Crippen LogP contribution in [0, 0.1) is 0 Å². The molecule has 0 aliphatic heterocycles. The lowest BCUT2D eigenvalue weighted by Crippen LogP contribution is -1.97. The molecule has 0 radical (unpaired) electrons. The number of benzene rings is 10. The maximum absolute atomic E-state index is 6.66. The molecule has 0 unspecified atom stereocenters. The van der Waals surface area contributed by atoms with Gasteiger partial charge in [-0.25, -0.2) is 15.0 Å². The fourth-order valence-electron chi connectivity index (χ4n) is 9.95. The minimum absolute atomic E-state index is 0.679. The normalized spacial score (nSPS) is 11.6. The highest BCUT2D eigenvalue weighted by atomic mass is 16.3. The van der Waals surface area contributed by atoms with Crippen molar-refractivity contribution in [1.82, 2.24) is 15.0 Å². The number of hydrogen-bond donors (Lipinski definition) is 0. The second kappa shape index (κ2) is 15.9. The Morgan fingerprint density at radius 1 is 0.284 bits per heavy atom. The largest absolute Gasteiger partial charge is 0.456 e. The highest BCUT2D eigenvalue weighted by Gasteiger charge is 2.22. The number of hydrogen-bond acceptors (Lipinski definition) is 4. The van der Waals surface area contributed by atoms with E-state index in [0.717, 1.165) is 122 Å². The standard InChI is InChI=1S/C63H39N3O/c1-4-17-40(18-5-1)41-31-33-43(34-32-41)56-39-55(42-19-6-2-7-20-42)65-63(66-56)50-36-35-47(48-25-10-11-26-49(48)50)45-23-16-24-46(37-45)62-53-38-58-61(52-28-13-15-30-57(52)67-58)59(44-21-8-3-9-22-44)60(53)51-27-12-14-29-54(51)64-62/h1-39H. The molecule has 0 amide bonds. The molecule has 67 heavy (non-hydrogen) atoms. The molecule has 13 rings (SSSR count). The van der Waals surface area contributed by atoms with E-state index in [4.69, 9.17) is 19.4 Å². The Kier molecular flexibility index (Phi) is 9.14. The van der Waals surface area contributed by atoms with E-state index < -0.39 is 0 Å². The van der Waals surface area contributed by atoms with E-state index in [1.807, 2.05) is 18.2 Å². The number of para-hydroxylation sites is 2. The first-order valence-corrected chi connectivity index (χ1v) is 22.7. The molecule has 0 saturated heterocycles. The molecule has 10 aromatic carbocycles. The third-order valence-electron chi connectivity index (χ3n) is 13.1. The van der Waals surface area contributed by atoms with Crippen molar-refractivity contribution in [2.24, 2.45) is 0 Å². The lowest BCUT2D eigenvalue weighted by Gasteiger charge is -2.16. The second-order valence-electron chi connectivity index (χ2n) is 17.0. The summed E-state index contributed by atoms with van der Waals surface area (Å²) in [5.74, 6) is 0.679. The third-order valence-corrected chi connectivity index (χ3v) is 13.1. The Bertz CT molecular complexity index is 4010. The number of aromatic nitrogens is 3. The number of furan rings is 1. The van der Waals surface area contributed by atoms with Gasteiger partial charge in [0.05, 0.1) is 22.6 Å². The van der Waals surface area contributed by atoms with Crippen LogP contribution < -0.4 is 0 Å². The fraction of sp³-hybridized carbons (Fsp3) is 0. The minimum atomic E-state index is 0.679. The molecule has 0 aliphatic rings. The van der Waals surface area contributed by atoms with Crippen molar-refractivity contribution in [3.05, 3.63) is 237 Å². The van der Waals surface area contributed by atoms with Gasteiger partial charge in [0.2, 0.25) is 0 Å². The predicted octanol–water partition coefficient (Wildman–Crippen LogP) is 16.9. The van der Waals surface area contributed by atoms with Crippen molar-refractivity contribution < 1.29 is 4.42 Å². The molecule has 0 atom stereocenters. The van der Waals surface area contributed by atoms with Crippen LogP contribution in [0.5, 0.6) is 0 Å². The van der Waals surface area contributed by atoms with E-state index in [0.29, 0.717) is 5.82 Å². The second-order valence-corrected chi connectivity index (χ2v) is 17.0. The van der Waals surface area contributed by atoms with Gasteiger partial charge in [-0.3, -0.25) is 0 Å². The van der Waals surface area contributed by atoms with Crippen molar-refractivity contribution in [2.45, 2.75) is 0 Å². The number of rotatable bonds is 7. The molecule has 0 bridgehead atoms. The Morgan fingerprint density at radius 3 is 1.54 bits per heavy atom. The van der Waals surface area contributed by atoms with Crippen LogP contribution in [-0.2, 0) is 0 Å². The highest BCUT2D eigenvalue weighted by Crippen LogP contribution is 2.47. The molecule has 0 aliphatic carbocycles. The summed E-state index contributed by atoms with van der Waals surface area (Å²) in [6, 6.07) is 83.2. The number of fused-ring (bicyclic) bond motifs is 7. The summed E-state index contributed by atoms with van der Waals surface area (Å²) in [4.78, 5) is 16.0. The van der Waals surface area contributed by atoms with Crippen LogP contribution in [-0.4, -0.2) is 15.0 Å². The minimum Gasteiger partial charge on any atom is -0.456 e. The van der Waals surface area contributed by atoms with E-state index in [1.54, 1.807) is 0 Å². The van der Waals surface area contributed by atoms with Gasteiger partial charge in [0.15, 0.2) is 5.82 Å². The van der Waals surface area contributed by atoms with Gasteiger partial charge in [0.25, 0.3) is 0 Å². The first kappa shape index (κ1) is 38.5. The molecule has 0 N–H and O–H groups in total. The van der Waals surface area contributed by atoms with Crippen LogP contribution in [0.3, 0.4) is 0 Å². The van der Waals surface area contributed by atoms with Crippen LogP contribution in [0.1, 0.15) is 0 Å². The maximum Gasteiger partial charge on any atom is 0.161 e. The first-order chi connectivity index (χ1) is 33.2. The molecule has 3 heterocycles. The third kappa shape index (κ3) is 6.65. The van der Waals surface area contributed by atoms with Crippen molar-refractivity contribution in [3.8, 4) is 78.5 Å². The van der Waals surface area contributed by atoms with Crippen LogP contribution in [0.25, 0.3) is 133 Å². The molecular formula is C63H39N3O. The van der Waals surface area contributed by atoms with Crippen LogP contribution in [0.15, 0.2) is 241 Å². The van der Waals surface area contributed by atoms with Gasteiger partial charge in [-0.2, -0.15) is 0 Å². The van der Waals surface area contributed by atoms with Gasteiger partial charge >= 0.3 is 0 Å². The summed E-state index contributed by atoms with van der Waals surface area (Å²) in [7, 11) is 0. The van der Waals surface area contributed by atoms with Gasteiger partial charge in [0.1, 0.15) is 11.2 Å². The van der Waals surface area contributed by atoms with Crippen LogP contribution >= 0.6 is 0 Å². The Hall–Kier alpha value is -8.99. The summed E-state index contributed by atoms with van der Waals surface area (Å²) in [5, 5.41) is 7.72. The fourth-order valence-corrected chi connectivity index (χ4v) is 9.95. The quantitative estimate of drug-likeness (QED) is 0.150. The molecule has 0 fully saturated rings. The van der Waals surface area contributed by atoms with Crippen LogP contribution in [0.2, 0.25) is 0 Å². The van der Waals surface area contributed by atoms with E-state index in [1.165, 1.54) is 5.56 Å². The molecule has 4 heteroatoms. The molecule has 312 valence electrons. The number of pyridine rings is 1. The summed E-state index contributed by atoms with van der Waals surface area (Å²) in [6.45, 7) is 0. The lowest BCUT2D eigenvalue weighted by molar-refractivity contribution is 0.669. The van der Waals surface area contributed by atoms with E-state index in [2.05, 4.69) is 218 Å². The van der Waals surface area contributed by atoms with Crippen molar-refractivity contribution in [3.63, 3.8) is 0 Å². The van der Waals surface area contributed by atoms with Crippen LogP contribution in [0.4, 0.5) is 0 Å². The van der Waals surface area contributed by atoms with E-state index in [-0.39, 0.29) is 0 Å². The first-order valence-electron chi connectivity index (χ1n) is 22.7. The predicted molar refractivity (Wildman–Crippen MR) is 278 cm³/mol. The molecule has 3 aromatic heterocycles. The monoisotopic (exact) mass is 853 g/mol. The molecule has 0 saturated carbocycles. The maximum atomic E-state index is 6.66. The lowest BCUT2D eigenvalue weighted by atomic mass is 9.89. The van der Waals surface area contributed by atoms with E-state index >= 15 is 0 Å². The summed E-state index contributed by atoms with van der Waals surface area (Å²) in [6.07, 6.45) is 0. The number of nitrogens with zero attached hydrogens (tertiary/aromatic N) is 3. The van der Waals surface area contributed by atoms with Gasteiger partial charge < -0.3 is 4.42 Å². The SMILES string of the molecule is c1ccc(-c2ccc(-c3cc(-c4ccccc4)nc(-c4ccc(-c5cccc(-c6nc7ccccc7c7c(-c8ccccc8)c8c(cc67)oc6ccccc68)c5)c5ccccc45)n3)cc2)cc1. The zero-order chi connectivity index (χ0) is 44.3. The molecule has 13 aromatic rings. The Morgan fingerprint density at radius 2 is 0.806 bits per heavy atom. The summed E-state index contributed by atoms with van der Waals surface area (Å²) >= 11 is 0. The Balaban J connectivity index is 0.977. The highest BCUT2D eigenvalue weighted by molar-refractivity contribution is 6.27. The molecular weight excluding hydrogens is 815 g/mol. The molecule has 4 nitrogen and oxygen atoms in total. The summed E-state index contributed by atoms with van der Waals surface area (Å²) < 4.78 is 6.66. The zero-order valence-electron chi connectivity index (χ0n) is 36.3. The van der Waals surface area contributed by atoms with Crippen molar-refractivity contribution in [1.29, 1.82) is 0 Å². The van der Waals surface area contributed by atoms with E-state index in [9.17, 15) is 0 Å². The smallest absolute Gasteiger partial charge is 0.161 e. The van der Waals surface area contributed by atoms with Gasteiger partial charge in [-0.05, 0) is 75.0 Å². The van der Waals surface area contributed by atoms with Crippen molar-refractivity contribution in [2.75, 3.05) is 0 Å².